The second-order valence-electron chi connectivity index (χ2n) is 4.84. The molecule has 8 heteroatoms. The summed E-state index contributed by atoms with van der Waals surface area (Å²) in [6, 6.07) is 5.05. The van der Waals surface area contributed by atoms with Crippen molar-refractivity contribution < 1.29 is 18.0 Å². The van der Waals surface area contributed by atoms with E-state index in [1.54, 1.807) is 25.2 Å². The molecule has 0 aliphatic carbocycles. The highest BCUT2D eigenvalue weighted by molar-refractivity contribution is 5.92. The average molecular weight is 302 g/mol. The molecular weight excluding hydrogens is 285 g/mol. The largest absolute Gasteiger partial charge is 0.401 e. The van der Waals surface area contributed by atoms with Crippen LogP contribution >= 0.6 is 0 Å². The molecule has 0 radical (unpaired) electrons. The molecule has 1 aromatic heterocycles. The number of piperazine rings is 1. The van der Waals surface area contributed by atoms with Gasteiger partial charge in [-0.3, -0.25) is 9.69 Å². The van der Waals surface area contributed by atoms with Crippen LogP contribution in [0.4, 0.5) is 19.0 Å². The Bertz CT molecular complexity index is 498. The van der Waals surface area contributed by atoms with E-state index in [2.05, 4.69) is 10.3 Å². The summed E-state index contributed by atoms with van der Waals surface area (Å²) in [5, 5.41) is 2.84. The highest BCUT2D eigenvalue weighted by Gasteiger charge is 2.33. The monoisotopic (exact) mass is 302 g/mol. The lowest BCUT2D eigenvalue weighted by atomic mass is 10.2. The van der Waals surface area contributed by atoms with Crippen LogP contribution in [0.1, 0.15) is 10.5 Å². The maximum Gasteiger partial charge on any atom is 0.401 e. The third-order valence-electron chi connectivity index (χ3n) is 3.29. The molecule has 1 amide bonds. The summed E-state index contributed by atoms with van der Waals surface area (Å²) in [6.07, 6.45) is -4.20. The van der Waals surface area contributed by atoms with E-state index in [0.29, 0.717) is 11.5 Å². The molecule has 2 heterocycles. The van der Waals surface area contributed by atoms with Gasteiger partial charge in [-0.2, -0.15) is 13.2 Å². The number of pyridine rings is 1. The van der Waals surface area contributed by atoms with E-state index in [0.717, 1.165) is 0 Å². The van der Waals surface area contributed by atoms with Gasteiger partial charge in [-0.25, -0.2) is 4.98 Å². The Morgan fingerprint density at radius 2 is 1.95 bits per heavy atom. The summed E-state index contributed by atoms with van der Waals surface area (Å²) < 4.78 is 36.9. The number of nitrogens with zero attached hydrogens (tertiary/aromatic N) is 3. The van der Waals surface area contributed by atoms with Gasteiger partial charge in [-0.15, -0.1) is 0 Å². The fourth-order valence-electron chi connectivity index (χ4n) is 2.22. The number of carbonyl (C=O) groups excluding carboxylic acids is 1. The predicted molar refractivity (Wildman–Crippen MR) is 72.2 cm³/mol. The number of alkyl halides is 3. The molecular formula is C13H17F3N4O. The van der Waals surface area contributed by atoms with Crippen molar-refractivity contribution in [3.63, 3.8) is 0 Å². The molecule has 0 saturated carbocycles. The van der Waals surface area contributed by atoms with Gasteiger partial charge in [0.1, 0.15) is 11.5 Å². The molecule has 1 aliphatic rings. The molecule has 1 aliphatic heterocycles. The molecule has 1 aromatic rings. The first-order chi connectivity index (χ1) is 9.89. The van der Waals surface area contributed by atoms with Gasteiger partial charge in [0.05, 0.1) is 6.54 Å². The Kier molecular flexibility index (Phi) is 4.66. The lowest BCUT2D eigenvalue weighted by Crippen LogP contribution is -2.51. The quantitative estimate of drug-likeness (QED) is 0.918. The summed E-state index contributed by atoms with van der Waals surface area (Å²) >= 11 is 0. The first-order valence-electron chi connectivity index (χ1n) is 6.62. The van der Waals surface area contributed by atoms with Crippen molar-refractivity contribution in [1.82, 2.24) is 14.8 Å². The van der Waals surface area contributed by atoms with Gasteiger partial charge in [0.15, 0.2) is 0 Å². The van der Waals surface area contributed by atoms with Gasteiger partial charge in [0.2, 0.25) is 0 Å². The molecule has 0 unspecified atom stereocenters. The van der Waals surface area contributed by atoms with Crippen LogP contribution in [0, 0.1) is 0 Å². The fraction of sp³-hybridized carbons (Fsp3) is 0.538. The normalized spacial score (nSPS) is 16.9. The zero-order valence-corrected chi connectivity index (χ0v) is 11.7. The number of amides is 1. The molecule has 2 rings (SSSR count). The average Bonchev–Trinajstić information content (AvgIpc) is 2.46. The van der Waals surface area contributed by atoms with E-state index in [-0.39, 0.29) is 32.1 Å². The van der Waals surface area contributed by atoms with Crippen LogP contribution < -0.4 is 5.32 Å². The minimum Gasteiger partial charge on any atom is -0.373 e. The van der Waals surface area contributed by atoms with Crippen molar-refractivity contribution in [2.75, 3.05) is 45.1 Å². The highest BCUT2D eigenvalue weighted by atomic mass is 19.4. The summed E-state index contributed by atoms with van der Waals surface area (Å²) in [6.45, 7) is 0.0667. The van der Waals surface area contributed by atoms with E-state index in [1.807, 2.05) is 0 Å². The molecule has 21 heavy (non-hydrogen) atoms. The van der Waals surface area contributed by atoms with Crippen LogP contribution in [-0.4, -0.2) is 66.6 Å². The third-order valence-corrected chi connectivity index (χ3v) is 3.29. The van der Waals surface area contributed by atoms with Crippen LogP contribution in [0.15, 0.2) is 18.2 Å². The van der Waals surface area contributed by atoms with E-state index in [9.17, 15) is 18.0 Å². The Morgan fingerprint density at radius 3 is 2.52 bits per heavy atom. The van der Waals surface area contributed by atoms with Crippen LogP contribution in [0.3, 0.4) is 0 Å². The molecule has 0 bridgehead atoms. The second-order valence-corrected chi connectivity index (χ2v) is 4.84. The van der Waals surface area contributed by atoms with Crippen molar-refractivity contribution in [2.24, 2.45) is 0 Å². The van der Waals surface area contributed by atoms with Crippen LogP contribution in [0.5, 0.6) is 0 Å². The lowest BCUT2D eigenvalue weighted by Gasteiger charge is -2.34. The van der Waals surface area contributed by atoms with Gasteiger partial charge in [-0.1, -0.05) is 6.07 Å². The Balaban J connectivity index is 1.94. The number of rotatable bonds is 3. The lowest BCUT2D eigenvalue weighted by molar-refractivity contribution is -0.148. The van der Waals surface area contributed by atoms with Gasteiger partial charge < -0.3 is 10.2 Å². The Hall–Kier alpha value is -1.83. The number of carbonyl (C=O) groups is 1. The Labute approximate surface area is 120 Å². The fourth-order valence-corrected chi connectivity index (χ4v) is 2.22. The van der Waals surface area contributed by atoms with Crippen molar-refractivity contribution in [3.05, 3.63) is 23.9 Å². The molecule has 1 N–H and O–H groups in total. The van der Waals surface area contributed by atoms with Crippen LogP contribution in [0.25, 0.3) is 0 Å². The maximum atomic E-state index is 12.3. The van der Waals surface area contributed by atoms with Gasteiger partial charge >= 0.3 is 6.18 Å². The van der Waals surface area contributed by atoms with Crippen molar-refractivity contribution in [3.8, 4) is 0 Å². The van der Waals surface area contributed by atoms with Crippen molar-refractivity contribution in [1.29, 1.82) is 0 Å². The molecule has 0 atom stereocenters. The first-order valence-corrected chi connectivity index (χ1v) is 6.62. The SMILES string of the molecule is CNc1cccc(C(=O)N2CCN(CC(F)(F)F)CC2)n1. The van der Waals surface area contributed by atoms with E-state index in [1.165, 1.54) is 9.80 Å². The number of hydrogen-bond acceptors (Lipinski definition) is 4. The zero-order valence-electron chi connectivity index (χ0n) is 11.7. The molecule has 1 saturated heterocycles. The van der Waals surface area contributed by atoms with Crippen molar-refractivity contribution in [2.45, 2.75) is 6.18 Å². The number of halogens is 3. The summed E-state index contributed by atoms with van der Waals surface area (Å²) in [5.74, 6) is 0.329. The molecule has 5 nitrogen and oxygen atoms in total. The van der Waals surface area contributed by atoms with E-state index in [4.69, 9.17) is 0 Å². The highest BCUT2D eigenvalue weighted by Crippen LogP contribution is 2.18. The van der Waals surface area contributed by atoms with Gasteiger partial charge in [0, 0.05) is 33.2 Å². The standard InChI is InChI=1S/C13H17F3N4O/c1-17-11-4-2-3-10(18-11)12(21)20-7-5-19(6-8-20)9-13(14,15)16/h2-4H,5-9H2,1H3,(H,17,18). The predicted octanol–water partition coefficient (Wildman–Crippen LogP) is 1.44. The summed E-state index contributed by atoms with van der Waals surface area (Å²) in [4.78, 5) is 19.2. The third kappa shape index (κ3) is 4.32. The first kappa shape index (κ1) is 15.6. The molecule has 0 spiro atoms. The number of nitrogens with one attached hydrogen (secondary N) is 1. The topological polar surface area (TPSA) is 48.5 Å². The Morgan fingerprint density at radius 1 is 1.29 bits per heavy atom. The molecule has 116 valence electrons. The van der Waals surface area contributed by atoms with Crippen LogP contribution in [0.2, 0.25) is 0 Å². The van der Waals surface area contributed by atoms with Crippen molar-refractivity contribution >= 4 is 11.7 Å². The number of hydrogen-bond donors (Lipinski definition) is 1. The molecule has 1 fully saturated rings. The number of aromatic nitrogens is 1. The van der Waals surface area contributed by atoms with E-state index >= 15 is 0 Å². The maximum absolute atomic E-state index is 12.3. The number of anilines is 1. The van der Waals surface area contributed by atoms with Gasteiger partial charge in [-0.05, 0) is 12.1 Å². The smallest absolute Gasteiger partial charge is 0.373 e. The van der Waals surface area contributed by atoms with E-state index < -0.39 is 12.7 Å². The van der Waals surface area contributed by atoms with Crippen LogP contribution in [-0.2, 0) is 0 Å². The summed E-state index contributed by atoms with van der Waals surface area (Å²) in [5.41, 5.74) is 0.297. The minimum absolute atomic E-state index is 0.219. The molecule has 0 aromatic carbocycles. The second kappa shape index (κ2) is 6.30. The minimum atomic E-state index is -4.20. The zero-order chi connectivity index (χ0) is 15.5. The summed E-state index contributed by atoms with van der Waals surface area (Å²) in [7, 11) is 1.70. The van der Waals surface area contributed by atoms with Gasteiger partial charge in [0.25, 0.3) is 5.91 Å².